The van der Waals surface area contributed by atoms with Crippen LogP contribution in [0.2, 0.25) is 0 Å². The van der Waals surface area contributed by atoms with Gasteiger partial charge in [-0.2, -0.15) is 0 Å². The Morgan fingerprint density at radius 1 is 0.774 bits per heavy atom. The molecule has 6 heteroatoms. The molecule has 3 aromatic heterocycles. The van der Waals surface area contributed by atoms with Crippen LogP contribution in [0.4, 0.5) is 0 Å². The van der Waals surface area contributed by atoms with Gasteiger partial charge in [-0.1, -0.05) is 42.5 Å². The summed E-state index contributed by atoms with van der Waals surface area (Å²) in [4.78, 5) is 2.73. The first kappa shape index (κ1) is 18.8. The summed E-state index contributed by atoms with van der Waals surface area (Å²) in [6.45, 7) is 2.10. The molecule has 0 unspecified atom stereocenters. The maximum atomic E-state index is 13.7. The number of nitrogens with zero attached hydrogens (tertiary/aromatic N) is 1. The fraction of sp³-hybridized carbons (Fsp3) is 0.0400. The van der Waals surface area contributed by atoms with Gasteiger partial charge >= 0.3 is 0 Å². The second-order valence-corrected chi connectivity index (χ2v) is 11.3. The van der Waals surface area contributed by atoms with Gasteiger partial charge in [0, 0.05) is 25.2 Å². The zero-order valence-corrected chi connectivity index (χ0v) is 19.0. The highest BCUT2D eigenvalue weighted by atomic mass is 32.2. The monoisotopic (exact) mass is 459 g/mol. The molecule has 0 N–H and O–H groups in total. The molecule has 0 aliphatic carbocycles. The molecule has 3 heterocycles. The summed E-state index contributed by atoms with van der Waals surface area (Å²) in [5, 5.41) is 5.22. The third kappa shape index (κ3) is 2.72. The van der Waals surface area contributed by atoms with Crippen LogP contribution in [-0.2, 0) is 10.0 Å². The Morgan fingerprint density at radius 3 is 2.32 bits per heavy atom. The van der Waals surface area contributed by atoms with Crippen molar-refractivity contribution < 1.29 is 8.42 Å². The van der Waals surface area contributed by atoms with E-state index >= 15 is 0 Å². The molecule has 0 fully saturated rings. The summed E-state index contributed by atoms with van der Waals surface area (Å²) in [7, 11) is -3.75. The van der Waals surface area contributed by atoms with E-state index in [1.807, 2.05) is 36.4 Å². The van der Waals surface area contributed by atoms with Crippen LogP contribution in [-0.4, -0.2) is 12.4 Å². The molecule has 0 aliphatic heterocycles. The van der Waals surface area contributed by atoms with E-state index in [1.165, 1.54) is 19.1 Å². The fourth-order valence-corrected chi connectivity index (χ4v) is 7.83. The lowest BCUT2D eigenvalue weighted by molar-refractivity contribution is 0.590. The predicted octanol–water partition coefficient (Wildman–Crippen LogP) is 7.28. The predicted molar refractivity (Wildman–Crippen MR) is 132 cm³/mol. The molecule has 152 valence electrons. The third-order valence-electron chi connectivity index (χ3n) is 5.72. The highest BCUT2D eigenvalue weighted by Gasteiger charge is 2.25. The molecule has 0 atom stereocenters. The minimum Gasteiger partial charge on any atom is -0.233 e. The lowest BCUT2D eigenvalue weighted by atomic mass is 10.0. The van der Waals surface area contributed by atoms with E-state index in [9.17, 15) is 8.42 Å². The van der Waals surface area contributed by atoms with Gasteiger partial charge in [0.25, 0.3) is 10.0 Å². The van der Waals surface area contributed by atoms with Crippen LogP contribution in [0.3, 0.4) is 0 Å². The molecule has 31 heavy (non-hydrogen) atoms. The standard InChI is InChI=1S/C25H17NO2S3/c1-16-19-14-24(22-12-7-13-29-22)30-23(19)15-21-25(16)18-10-5-6-11-20(18)26(21)31(27,28)17-8-3-2-4-9-17/h2-15H,1H3. The topological polar surface area (TPSA) is 39.1 Å². The van der Waals surface area contributed by atoms with Gasteiger partial charge in [-0.25, -0.2) is 12.4 Å². The minimum absolute atomic E-state index is 0.292. The van der Waals surface area contributed by atoms with Gasteiger partial charge in [0.15, 0.2) is 0 Å². The Bertz CT molecular complexity index is 1690. The molecule has 0 saturated carbocycles. The molecule has 6 rings (SSSR count). The highest BCUT2D eigenvalue weighted by molar-refractivity contribution is 7.90. The summed E-state index contributed by atoms with van der Waals surface area (Å²) in [6.07, 6.45) is 0. The zero-order valence-electron chi connectivity index (χ0n) is 16.6. The van der Waals surface area contributed by atoms with Crippen molar-refractivity contribution in [2.45, 2.75) is 11.8 Å². The van der Waals surface area contributed by atoms with Crippen LogP contribution in [0.1, 0.15) is 5.56 Å². The number of aromatic nitrogens is 1. The van der Waals surface area contributed by atoms with Crippen molar-refractivity contribution in [2.75, 3.05) is 0 Å². The van der Waals surface area contributed by atoms with E-state index in [1.54, 1.807) is 46.9 Å². The van der Waals surface area contributed by atoms with Crippen LogP contribution in [0.5, 0.6) is 0 Å². The first-order valence-electron chi connectivity index (χ1n) is 9.86. The minimum atomic E-state index is -3.75. The number of hydrogen-bond acceptors (Lipinski definition) is 4. The van der Waals surface area contributed by atoms with Crippen molar-refractivity contribution in [3.8, 4) is 9.75 Å². The number of aryl methyl sites for hydroxylation is 1. The smallest absolute Gasteiger partial charge is 0.233 e. The van der Waals surface area contributed by atoms with Crippen LogP contribution in [0.25, 0.3) is 41.6 Å². The second kappa shape index (κ2) is 6.79. The number of para-hydroxylation sites is 1. The van der Waals surface area contributed by atoms with E-state index in [0.29, 0.717) is 10.4 Å². The average molecular weight is 460 g/mol. The molecule has 0 spiro atoms. The lowest BCUT2D eigenvalue weighted by Crippen LogP contribution is -2.12. The lowest BCUT2D eigenvalue weighted by Gasteiger charge is -2.09. The molecule has 3 nitrogen and oxygen atoms in total. The van der Waals surface area contributed by atoms with Gasteiger partial charge in [-0.05, 0) is 59.7 Å². The molecule has 0 saturated heterocycles. The quantitative estimate of drug-likeness (QED) is 0.279. The molecular weight excluding hydrogens is 442 g/mol. The van der Waals surface area contributed by atoms with Gasteiger partial charge in [-0.15, -0.1) is 22.7 Å². The van der Waals surface area contributed by atoms with Gasteiger partial charge in [0.05, 0.1) is 15.9 Å². The summed E-state index contributed by atoms with van der Waals surface area (Å²) < 4.78 is 30.1. The normalized spacial score (nSPS) is 12.3. The number of benzene rings is 3. The average Bonchev–Trinajstić information content (AvgIpc) is 3.51. The van der Waals surface area contributed by atoms with E-state index in [-0.39, 0.29) is 0 Å². The Balaban J connectivity index is 1.76. The van der Waals surface area contributed by atoms with E-state index in [0.717, 1.165) is 26.6 Å². The Hall–Kier alpha value is -2.93. The molecule has 0 radical (unpaired) electrons. The number of thiophene rings is 2. The van der Waals surface area contributed by atoms with Crippen LogP contribution in [0, 0.1) is 6.92 Å². The summed E-state index contributed by atoms with van der Waals surface area (Å²) in [5.41, 5.74) is 2.56. The zero-order chi connectivity index (χ0) is 21.2. The van der Waals surface area contributed by atoms with Gasteiger partial charge < -0.3 is 0 Å². The van der Waals surface area contributed by atoms with Crippen LogP contribution < -0.4 is 0 Å². The number of fused-ring (bicyclic) bond motifs is 4. The SMILES string of the molecule is Cc1c2cc(-c3cccs3)sc2cc2c1c1ccccc1n2S(=O)(=O)c1ccccc1. The Morgan fingerprint density at radius 2 is 1.55 bits per heavy atom. The largest absolute Gasteiger partial charge is 0.268 e. The van der Waals surface area contributed by atoms with Crippen molar-refractivity contribution in [1.82, 2.24) is 3.97 Å². The van der Waals surface area contributed by atoms with E-state index < -0.39 is 10.0 Å². The molecule has 0 amide bonds. The molecule has 3 aromatic carbocycles. The van der Waals surface area contributed by atoms with Crippen molar-refractivity contribution in [1.29, 1.82) is 0 Å². The summed E-state index contributed by atoms with van der Waals surface area (Å²) in [6, 6.07) is 24.9. The van der Waals surface area contributed by atoms with Crippen LogP contribution in [0.15, 0.2) is 89.1 Å². The summed E-state index contributed by atoms with van der Waals surface area (Å²) >= 11 is 3.43. The van der Waals surface area contributed by atoms with Gasteiger partial charge in [-0.3, -0.25) is 0 Å². The highest BCUT2D eigenvalue weighted by Crippen LogP contribution is 2.43. The van der Waals surface area contributed by atoms with Gasteiger partial charge in [0.1, 0.15) is 0 Å². The number of hydrogen-bond donors (Lipinski definition) is 0. The van der Waals surface area contributed by atoms with Crippen molar-refractivity contribution in [2.24, 2.45) is 0 Å². The molecule has 6 aromatic rings. The Kier molecular flexibility index (Phi) is 4.12. The van der Waals surface area contributed by atoms with E-state index in [2.05, 4.69) is 30.5 Å². The van der Waals surface area contributed by atoms with Gasteiger partial charge in [0.2, 0.25) is 0 Å². The molecule has 0 bridgehead atoms. The van der Waals surface area contributed by atoms with Crippen molar-refractivity contribution in [3.05, 3.63) is 89.8 Å². The number of rotatable bonds is 3. The first-order chi connectivity index (χ1) is 15.1. The molecule has 0 aliphatic rings. The fourth-order valence-electron chi connectivity index (χ4n) is 4.32. The van der Waals surface area contributed by atoms with Crippen LogP contribution >= 0.6 is 22.7 Å². The van der Waals surface area contributed by atoms with E-state index in [4.69, 9.17) is 0 Å². The van der Waals surface area contributed by atoms with Crippen molar-refractivity contribution >= 4 is 64.6 Å². The first-order valence-corrected chi connectivity index (χ1v) is 13.0. The summed E-state index contributed by atoms with van der Waals surface area (Å²) in [5.74, 6) is 0. The third-order valence-corrected chi connectivity index (χ3v) is 9.61. The molecular formula is C25H17NO2S3. The Labute approximate surface area is 187 Å². The van der Waals surface area contributed by atoms with Crippen molar-refractivity contribution in [3.63, 3.8) is 0 Å². The second-order valence-electron chi connectivity index (χ2n) is 7.50. The maximum Gasteiger partial charge on any atom is 0.268 e. The maximum absolute atomic E-state index is 13.7.